The summed E-state index contributed by atoms with van der Waals surface area (Å²) in [6.45, 7) is -0.321. The molecule has 1 N–H and O–H groups in total. The van der Waals surface area contributed by atoms with E-state index < -0.39 is 39.0 Å². The van der Waals surface area contributed by atoms with Gasteiger partial charge in [0.05, 0.1) is 11.0 Å². The van der Waals surface area contributed by atoms with E-state index in [1.807, 2.05) is 4.72 Å². The molecule has 0 atom stereocenters. The zero-order chi connectivity index (χ0) is 18.6. The predicted molar refractivity (Wildman–Crippen MR) is 90.0 cm³/mol. The summed E-state index contributed by atoms with van der Waals surface area (Å²) in [5, 5.41) is 0. The SMILES string of the molecule is CN(Cc1cccnc1)C(=O)CNS(=O)(=O)c1cc(Br)c(F)cc1F. The summed E-state index contributed by atoms with van der Waals surface area (Å²) in [5.41, 5.74) is 0.773. The normalized spacial score (nSPS) is 11.4. The molecule has 0 saturated heterocycles. The first kappa shape index (κ1) is 19.4. The molecule has 1 amide bonds. The molecule has 0 aliphatic rings. The number of hydrogen-bond donors (Lipinski definition) is 1. The number of sulfonamides is 1. The van der Waals surface area contributed by atoms with Crippen LogP contribution in [0.5, 0.6) is 0 Å². The maximum atomic E-state index is 13.7. The molecule has 0 radical (unpaired) electrons. The molecular weight excluding hydrogens is 420 g/mol. The monoisotopic (exact) mass is 433 g/mol. The third-order valence-electron chi connectivity index (χ3n) is 3.25. The fourth-order valence-corrected chi connectivity index (χ4v) is 3.49. The van der Waals surface area contributed by atoms with Gasteiger partial charge in [0.15, 0.2) is 0 Å². The van der Waals surface area contributed by atoms with Gasteiger partial charge in [0.2, 0.25) is 15.9 Å². The number of aromatic nitrogens is 1. The van der Waals surface area contributed by atoms with Gasteiger partial charge in [-0.2, -0.15) is 0 Å². The first-order valence-corrected chi connectivity index (χ1v) is 9.25. The highest BCUT2D eigenvalue weighted by Gasteiger charge is 2.23. The van der Waals surface area contributed by atoms with Crippen molar-refractivity contribution in [3.63, 3.8) is 0 Å². The van der Waals surface area contributed by atoms with E-state index in [0.29, 0.717) is 6.07 Å². The number of benzene rings is 1. The van der Waals surface area contributed by atoms with Gasteiger partial charge in [0.1, 0.15) is 16.5 Å². The summed E-state index contributed by atoms with van der Waals surface area (Å²) in [5.74, 6) is -2.69. The third-order valence-corrected chi connectivity index (χ3v) is 5.27. The first-order valence-electron chi connectivity index (χ1n) is 6.98. The Bertz CT molecular complexity index is 879. The van der Waals surface area contributed by atoms with Gasteiger partial charge in [-0.1, -0.05) is 6.07 Å². The summed E-state index contributed by atoms with van der Waals surface area (Å²) < 4.78 is 53.0. The quantitative estimate of drug-likeness (QED) is 0.707. The first-order chi connectivity index (χ1) is 11.7. The number of nitrogens with zero attached hydrogens (tertiary/aromatic N) is 2. The Hall–Kier alpha value is -1.91. The Morgan fingerprint density at radius 1 is 1.32 bits per heavy atom. The average molecular weight is 434 g/mol. The largest absolute Gasteiger partial charge is 0.340 e. The fraction of sp³-hybridized carbons (Fsp3) is 0.200. The number of hydrogen-bond acceptors (Lipinski definition) is 4. The topological polar surface area (TPSA) is 79.4 Å². The molecule has 10 heteroatoms. The van der Waals surface area contributed by atoms with Crippen molar-refractivity contribution in [1.29, 1.82) is 0 Å². The number of rotatable bonds is 6. The van der Waals surface area contributed by atoms with Crippen molar-refractivity contribution in [1.82, 2.24) is 14.6 Å². The van der Waals surface area contributed by atoms with Crippen LogP contribution in [0.15, 0.2) is 46.0 Å². The standard InChI is InChI=1S/C15H14BrF2N3O3S/c1-21(9-10-3-2-4-19-7-10)15(22)8-20-25(23,24)14-5-11(16)12(17)6-13(14)18/h2-7,20H,8-9H2,1H3. The number of carbonyl (C=O) groups is 1. The molecule has 0 bridgehead atoms. The van der Waals surface area contributed by atoms with Gasteiger partial charge >= 0.3 is 0 Å². The van der Waals surface area contributed by atoms with E-state index in [9.17, 15) is 22.0 Å². The second kappa shape index (κ2) is 7.98. The van der Waals surface area contributed by atoms with Crippen LogP contribution in [0.1, 0.15) is 5.56 Å². The molecule has 0 unspecified atom stereocenters. The van der Waals surface area contributed by atoms with Gasteiger partial charge in [-0.3, -0.25) is 9.78 Å². The zero-order valence-corrected chi connectivity index (χ0v) is 15.4. The van der Waals surface area contributed by atoms with Crippen LogP contribution >= 0.6 is 15.9 Å². The van der Waals surface area contributed by atoms with Crippen LogP contribution in [0, 0.1) is 11.6 Å². The van der Waals surface area contributed by atoms with Gasteiger partial charge in [-0.15, -0.1) is 0 Å². The van der Waals surface area contributed by atoms with Crippen LogP contribution in [0.4, 0.5) is 8.78 Å². The highest BCUT2D eigenvalue weighted by molar-refractivity contribution is 9.10. The van der Waals surface area contributed by atoms with E-state index in [0.717, 1.165) is 11.6 Å². The van der Waals surface area contributed by atoms with E-state index in [4.69, 9.17) is 0 Å². The zero-order valence-electron chi connectivity index (χ0n) is 13.0. The van der Waals surface area contributed by atoms with Gasteiger partial charge in [0.25, 0.3) is 0 Å². The van der Waals surface area contributed by atoms with E-state index in [1.165, 1.54) is 11.9 Å². The van der Waals surface area contributed by atoms with Crippen LogP contribution in [-0.2, 0) is 21.4 Å². The number of halogens is 3. The Kier molecular flexibility index (Phi) is 6.20. The van der Waals surface area contributed by atoms with Crippen LogP contribution in [-0.4, -0.2) is 37.8 Å². The van der Waals surface area contributed by atoms with Crippen LogP contribution < -0.4 is 4.72 Å². The summed E-state index contributed by atoms with van der Waals surface area (Å²) >= 11 is 2.80. The lowest BCUT2D eigenvalue weighted by Crippen LogP contribution is -2.38. The summed E-state index contributed by atoms with van der Waals surface area (Å²) in [7, 11) is -2.81. The van der Waals surface area contributed by atoms with Gasteiger partial charge in [-0.25, -0.2) is 21.9 Å². The van der Waals surface area contributed by atoms with Crippen molar-refractivity contribution in [2.45, 2.75) is 11.4 Å². The van der Waals surface area contributed by atoms with E-state index in [-0.39, 0.29) is 11.0 Å². The molecule has 0 fully saturated rings. The molecule has 1 aromatic carbocycles. The molecule has 25 heavy (non-hydrogen) atoms. The molecule has 2 rings (SSSR count). The molecule has 6 nitrogen and oxygen atoms in total. The minimum Gasteiger partial charge on any atom is -0.340 e. The summed E-state index contributed by atoms with van der Waals surface area (Å²) in [4.78, 5) is 16.5. The fourth-order valence-electron chi connectivity index (χ4n) is 1.93. The molecule has 0 aliphatic carbocycles. The molecular formula is C15H14BrF2N3O3S. The average Bonchev–Trinajstić information content (AvgIpc) is 2.56. The summed E-state index contributed by atoms with van der Waals surface area (Å²) in [6, 6.07) is 4.74. The second-order valence-corrected chi connectivity index (χ2v) is 7.72. The number of nitrogens with one attached hydrogen (secondary N) is 1. The van der Waals surface area contributed by atoms with Gasteiger partial charge < -0.3 is 4.90 Å². The molecule has 1 aromatic heterocycles. The van der Waals surface area contributed by atoms with Gasteiger partial charge in [0, 0.05) is 32.1 Å². The maximum Gasteiger partial charge on any atom is 0.243 e. The van der Waals surface area contributed by atoms with Crippen molar-refractivity contribution in [2.75, 3.05) is 13.6 Å². The van der Waals surface area contributed by atoms with E-state index >= 15 is 0 Å². The highest BCUT2D eigenvalue weighted by atomic mass is 79.9. The van der Waals surface area contributed by atoms with Crippen molar-refractivity contribution >= 4 is 31.9 Å². The Labute approximate surface area is 152 Å². The smallest absolute Gasteiger partial charge is 0.243 e. The Morgan fingerprint density at radius 3 is 2.68 bits per heavy atom. The van der Waals surface area contributed by atoms with Gasteiger partial charge in [-0.05, 0) is 33.6 Å². The van der Waals surface area contributed by atoms with Crippen LogP contribution in [0.3, 0.4) is 0 Å². The second-order valence-electron chi connectivity index (χ2n) is 5.13. The van der Waals surface area contributed by atoms with Crippen LogP contribution in [0.25, 0.3) is 0 Å². The Balaban J connectivity index is 2.04. The molecule has 0 aliphatic heterocycles. The molecule has 0 spiro atoms. The van der Waals surface area contributed by atoms with Crippen LogP contribution in [0.2, 0.25) is 0 Å². The van der Waals surface area contributed by atoms with Crippen molar-refractivity contribution in [3.8, 4) is 0 Å². The number of pyridine rings is 1. The third kappa shape index (κ3) is 5.03. The number of carbonyl (C=O) groups excluding carboxylic acids is 1. The lowest BCUT2D eigenvalue weighted by atomic mass is 10.3. The Morgan fingerprint density at radius 2 is 2.04 bits per heavy atom. The lowest BCUT2D eigenvalue weighted by molar-refractivity contribution is -0.129. The molecule has 134 valence electrons. The van der Waals surface area contributed by atoms with Crippen molar-refractivity contribution in [2.24, 2.45) is 0 Å². The summed E-state index contributed by atoms with van der Waals surface area (Å²) in [6.07, 6.45) is 3.17. The highest BCUT2D eigenvalue weighted by Crippen LogP contribution is 2.23. The van der Waals surface area contributed by atoms with Crippen molar-refractivity contribution < 1.29 is 22.0 Å². The minimum atomic E-state index is -4.31. The molecule has 0 saturated carbocycles. The van der Waals surface area contributed by atoms with E-state index in [2.05, 4.69) is 20.9 Å². The lowest BCUT2D eigenvalue weighted by Gasteiger charge is -2.17. The molecule has 2 aromatic rings. The number of likely N-dealkylation sites (N-methyl/N-ethyl adjacent to an activating group) is 1. The van der Waals surface area contributed by atoms with E-state index in [1.54, 1.807) is 24.5 Å². The predicted octanol–water partition coefficient (Wildman–Crippen LogP) is 2.06. The minimum absolute atomic E-state index is 0.200. The van der Waals surface area contributed by atoms with Crippen molar-refractivity contribution in [3.05, 3.63) is 58.3 Å². The number of amides is 1. The maximum absolute atomic E-state index is 13.7. The molecule has 1 heterocycles.